The van der Waals surface area contributed by atoms with Gasteiger partial charge in [0.05, 0.1) is 35.1 Å². The minimum atomic E-state index is -0.835. The maximum Gasteiger partial charge on any atom is 0.407 e. The summed E-state index contributed by atoms with van der Waals surface area (Å²) in [6, 6.07) is 8.36. The van der Waals surface area contributed by atoms with Crippen molar-refractivity contribution in [1.82, 2.24) is 29.3 Å². The second-order valence-electron chi connectivity index (χ2n) is 11.8. The van der Waals surface area contributed by atoms with Gasteiger partial charge < -0.3 is 10.0 Å². The van der Waals surface area contributed by atoms with Gasteiger partial charge in [0.15, 0.2) is 0 Å². The Morgan fingerprint density at radius 2 is 1.92 bits per heavy atom. The van der Waals surface area contributed by atoms with E-state index in [-0.39, 0.29) is 11.5 Å². The maximum absolute atomic E-state index is 12.2. The summed E-state index contributed by atoms with van der Waals surface area (Å²) in [6.45, 7) is 7.75. The van der Waals surface area contributed by atoms with Crippen molar-refractivity contribution in [1.29, 1.82) is 5.26 Å². The number of rotatable bonds is 3. The lowest BCUT2D eigenvalue weighted by atomic mass is 9.63. The molecule has 6 heterocycles. The predicted octanol–water partition coefficient (Wildman–Crippen LogP) is 4.81. The molecule has 0 radical (unpaired) electrons. The molecule has 2 saturated heterocycles. The van der Waals surface area contributed by atoms with Crippen LogP contribution in [-0.4, -0.2) is 65.1 Å². The van der Waals surface area contributed by atoms with Crippen molar-refractivity contribution >= 4 is 17.4 Å². The van der Waals surface area contributed by atoms with Gasteiger partial charge >= 0.3 is 6.09 Å². The lowest BCUT2D eigenvalue weighted by molar-refractivity contribution is -0.0379. The summed E-state index contributed by atoms with van der Waals surface area (Å²) < 4.78 is 3.49. The first-order valence-electron chi connectivity index (χ1n) is 13.3. The number of aryl methyl sites for hydroxylation is 1. The normalized spacial score (nSPS) is 21.3. The van der Waals surface area contributed by atoms with Crippen molar-refractivity contribution in [3.05, 3.63) is 54.7 Å². The van der Waals surface area contributed by atoms with Crippen LogP contribution in [0.1, 0.15) is 45.6 Å². The van der Waals surface area contributed by atoms with Gasteiger partial charge in [0.25, 0.3) is 0 Å². The number of amides is 1. The van der Waals surface area contributed by atoms with E-state index in [0.717, 1.165) is 52.9 Å². The second-order valence-corrected chi connectivity index (χ2v) is 11.8. The summed E-state index contributed by atoms with van der Waals surface area (Å²) in [5.41, 5.74) is 4.31. The fraction of sp³-hybridized carbons (Fsp3) is 0.414. The summed E-state index contributed by atoms with van der Waals surface area (Å²) in [6.07, 6.45) is 11.1. The average Bonchev–Trinajstić information content (AvgIpc) is 3.52. The van der Waals surface area contributed by atoms with Gasteiger partial charge in [-0.1, -0.05) is 20.8 Å². The van der Waals surface area contributed by atoms with Gasteiger partial charge in [-0.3, -0.25) is 9.58 Å². The van der Waals surface area contributed by atoms with Crippen LogP contribution in [0.15, 0.2) is 49.2 Å². The van der Waals surface area contributed by atoms with Crippen LogP contribution < -0.4 is 4.90 Å². The molecular formula is C29H32N8O2. The van der Waals surface area contributed by atoms with Crippen LogP contribution in [-0.2, 0) is 7.05 Å². The van der Waals surface area contributed by atoms with E-state index < -0.39 is 11.6 Å². The average molecular weight is 525 g/mol. The monoisotopic (exact) mass is 524 g/mol. The lowest BCUT2D eigenvalue weighted by Gasteiger charge is -2.66. The van der Waals surface area contributed by atoms with Gasteiger partial charge in [0.1, 0.15) is 11.9 Å². The number of carbonyl (C=O) groups is 1. The molecule has 0 aromatic carbocycles. The topological polar surface area (TPSA) is 116 Å². The zero-order valence-corrected chi connectivity index (χ0v) is 22.7. The number of anilines is 1. The maximum atomic E-state index is 12.2. The highest BCUT2D eigenvalue weighted by Crippen LogP contribution is 2.50. The Bertz CT molecular complexity index is 1610. The van der Waals surface area contributed by atoms with Gasteiger partial charge in [-0.05, 0) is 42.9 Å². The summed E-state index contributed by atoms with van der Waals surface area (Å²) in [5.74, 6) is 0.827. The largest absolute Gasteiger partial charge is 0.465 e. The van der Waals surface area contributed by atoms with Crippen molar-refractivity contribution in [2.45, 2.75) is 51.6 Å². The molecular weight excluding hydrogens is 492 g/mol. The lowest BCUT2D eigenvalue weighted by Crippen LogP contribution is -2.81. The number of aromatic nitrogens is 5. The molecule has 200 valence electrons. The van der Waals surface area contributed by atoms with Crippen molar-refractivity contribution in [3.63, 3.8) is 0 Å². The standard InChI is InChI=1S/C29H32N8O2/c1-28(2,3)26-29(9-5-6-10-36(29)27(38)39)18-35(26)24-8-7-19(13-31-24)23-11-20(22-15-32-34(4)16-22)17-37-25(23)21(12-30)14-33-37/h7-8,11,13-17,26H,5-6,9-10,18H2,1-4H3,(H,38,39). The number of carboxylic acid groups (broad SMARTS) is 1. The highest BCUT2D eigenvalue weighted by molar-refractivity contribution is 5.87. The quantitative estimate of drug-likeness (QED) is 0.409. The van der Waals surface area contributed by atoms with E-state index >= 15 is 0 Å². The van der Waals surface area contributed by atoms with Crippen LogP contribution in [0, 0.1) is 16.7 Å². The number of piperidine rings is 1. The van der Waals surface area contributed by atoms with Gasteiger partial charge in [-0.25, -0.2) is 14.3 Å². The molecule has 4 aromatic rings. The summed E-state index contributed by atoms with van der Waals surface area (Å²) in [5, 5.41) is 28.5. The fourth-order valence-electron chi connectivity index (χ4n) is 6.80. The number of hydrogen-bond donors (Lipinski definition) is 1. The van der Waals surface area contributed by atoms with Gasteiger partial charge in [0, 0.05) is 61.0 Å². The van der Waals surface area contributed by atoms with Crippen LogP contribution in [0.25, 0.3) is 27.8 Å². The number of nitrogens with zero attached hydrogens (tertiary/aromatic N) is 8. The Balaban J connectivity index is 1.39. The molecule has 2 fully saturated rings. The highest BCUT2D eigenvalue weighted by Gasteiger charge is 2.62. The molecule has 2 atom stereocenters. The van der Waals surface area contributed by atoms with Crippen LogP contribution >= 0.6 is 0 Å². The molecule has 39 heavy (non-hydrogen) atoms. The Hall–Kier alpha value is -4.39. The molecule has 6 rings (SSSR count). The molecule has 2 aliphatic heterocycles. The molecule has 10 heteroatoms. The van der Waals surface area contributed by atoms with E-state index in [0.29, 0.717) is 18.7 Å². The second kappa shape index (κ2) is 8.83. The minimum Gasteiger partial charge on any atom is -0.465 e. The Morgan fingerprint density at radius 1 is 1.10 bits per heavy atom. The van der Waals surface area contributed by atoms with Crippen molar-refractivity contribution in [2.75, 3.05) is 18.0 Å². The Kier molecular flexibility index (Phi) is 5.64. The van der Waals surface area contributed by atoms with Crippen LogP contribution in [0.2, 0.25) is 0 Å². The van der Waals surface area contributed by atoms with Gasteiger partial charge in [-0.2, -0.15) is 15.5 Å². The molecule has 1 spiro atoms. The minimum absolute atomic E-state index is 0.0142. The van der Waals surface area contributed by atoms with E-state index in [1.165, 1.54) is 0 Å². The first-order chi connectivity index (χ1) is 18.6. The summed E-state index contributed by atoms with van der Waals surface area (Å²) in [4.78, 5) is 21.0. The Morgan fingerprint density at radius 3 is 2.56 bits per heavy atom. The molecule has 4 aromatic heterocycles. The van der Waals surface area contributed by atoms with E-state index in [9.17, 15) is 15.2 Å². The summed E-state index contributed by atoms with van der Waals surface area (Å²) >= 11 is 0. The van der Waals surface area contributed by atoms with Crippen molar-refractivity contribution in [2.24, 2.45) is 12.5 Å². The molecule has 1 N–H and O–H groups in total. The number of likely N-dealkylation sites (tertiary alicyclic amines) is 1. The van der Waals surface area contributed by atoms with E-state index in [1.807, 2.05) is 37.8 Å². The smallest absolute Gasteiger partial charge is 0.407 e. The zero-order chi connectivity index (χ0) is 27.5. The third-order valence-electron chi connectivity index (χ3n) is 8.22. The van der Waals surface area contributed by atoms with E-state index in [1.54, 1.807) is 26.5 Å². The van der Waals surface area contributed by atoms with E-state index in [4.69, 9.17) is 4.98 Å². The van der Waals surface area contributed by atoms with Crippen LogP contribution in [0.5, 0.6) is 0 Å². The fourth-order valence-corrected chi connectivity index (χ4v) is 6.80. The third-order valence-corrected chi connectivity index (χ3v) is 8.22. The first kappa shape index (κ1) is 24.9. The van der Waals surface area contributed by atoms with Crippen LogP contribution in [0.4, 0.5) is 10.6 Å². The number of hydrogen-bond acceptors (Lipinski definition) is 6. The van der Waals surface area contributed by atoms with E-state index in [2.05, 4.69) is 48.0 Å². The predicted molar refractivity (Wildman–Crippen MR) is 147 cm³/mol. The highest BCUT2D eigenvalue weighted by atomic mass is 16.4. The number of nitriles is 1. The number of fused-ring (bicyclic) bond motifs is 1. The van der Waals surface area contributed by atoms with Gasteiger partial charge in [-0.15, -0.1) is 0 Å². The SMILES string of the molecule is Cn1cc(-c2cc(-c3ccc(N4CC5(CCCCN5C(=O)O)C4C(C)(C)C)nc3)c3c(C#N)cnn3c2)cn1. The molecule has 10 nitrogen and oxygen atoms in total. The molecule has 1 amide bonds. The van der Waals surface area contributed by atoms with Gasteiger partial charge in [0.2, 0.25) is 0 Å². The molecule has 0 aliphatic carbocycles. The molecule has 0 saturated carbocycles. The zero-order valence-electron chi connectivity index (χ0n) is 22.7. The molecule has 2 unspecified atom stereocenters. The summed E-state index contributed by atoms with van der Waals surface area (Å²) in [7, 11) is 1.88. The molecule has 2 aliphatic rings. The van der Waals surface area contributed by atoms with Crippen molar-refractivity contribution < 1.29 is 9.90 Å². The third kappa shape index (κ3) is 3.92. The Labute approximate surface area is 227 Å². The first-order valence-corrected chi connectivity index (χ1v) is 13.3. The molecule has 0 bridgehead atoms. The number of pyridine rings is 2. The van der Waals surface area contributed by atoms with Crippen LogP contribution in [0.3, 0.4) is 0 Å². The van der Waals surface area contributed by atoms with Crippen molar-refractivity contribution in [3.8, 4) is 28.3 Å².